The third-order valence-corrected chi connectivity index (χ3v) is 3.60. The van der Waals surface area contributed by atoms with E-state index in [1.54, 1.807) is 18.2 Å². The van der Waals surface area contributed by atoms with Crippen molar-refractivity contribution in [3.8, 4) is 0 Å². The number of benzene rings is 1. The van der Waals surface area contributed by atoms with E-state index in [1.807, 2.05) is 0 Å². The maximum absolute atomic E-state index is 12.4. The Morgan fingerprint density at radius 2 is 2.05 bits per heavy atom. The second-order valence-corrected chi connectivity index (χ2v) is 5.67. The van der Waals surface area contributed by atoms with Crippen LogP contribution in [0.3, 0.4) is 0 Å². The molecule has 0 saturated carbocycles. The molecule has 0 aliphatic heterocycles. The van der Waals surface area contributed by atoms with Gasteiger partial charge in [0.25, 0.3) is 0 Å². The molecule has 0 spiro atoms. The lowest BCUT2D eigenvalue weighted by Gasteiger charge is -2.25. The number of halogens is 4. The maximum Gasteiger partial charge on any atom is 0.401 e. The van der Waals surface area contributed by atoms with E-state index in [9.17, 15) is 18.0 Å². The van der Waals surface area contributed by atoms with Gasteiger partial charge in [-0.25, -0.2) is 0 Å². The van der Waals surface area contributed by atoms with Gasteiger partial charge in [0.05, 0.1) is 6.54 Å². The van der Waals surface area contributed by atoms with Gasteiger partial charge in [-0.15, -0.1) is 0 Å². The van der Waals surface area contributed by atoms with E-state index < -0.39 is 24.2 Å². The monoisotopic (exact) mass is 364 g/mol. The summed E-state index contributed by atoms with van der Waals surface area (Å²) in [6, 6.07) is 6.59. The highest BCUT2D eigenvalue weighted by molar-refractivity contribution is 9.10. The van der Waals surface area contributed by atoms with Crippen LogP contribution in [0, 0.1) is 0 Å². The number of nitrogens with two attached hydrogens (primary N) is 1. The Kier molecular flexibility index (Phi) is 4.03. The molecule has 21 heavy (non-hydrogen) atoms. The quantitative estimate of drug-likeness (QED) is 0.875. The number of nitrogens with one attached hydrogen (secondary N) is 1. The molecule has 0 radical (unpaired) electrons. The lowest BCUT2D eigenvalue weighted by Crippen LogP contribution is -2.52. The summed E-state index contributed by atoms with van der Waals surface area (Å²) >= 11 is 3.28. The van der Waals surface area contributed by atoms with Crippen LogP contribution in [0.5, 0.6) is 0 Å². The van der Waals surface area contributed by atoms with Crippen molar-refractivity contribution in [1.29, 1.82) is 0 Å². The van der Waals surface area contributed by atoms with Crippen molar-refractivity contribution in [3.63, 3.8) is 0 Å². The predicted molar refractivity (Wildman–Crippen MR) is 74.5 cm³/mol. The largest absolute Gasteiger partial charge is 0.459 e. The van der Waals surface area contributed by atoms with Gasteiger partial charge in [0.2, 0.25) is 5.91 Å². The molecular formula is C13H12BrF3N2O2. The molecule has 1 unspecified atom stereocenters. The third-order valence-electron chi connectivity index (χ3n) is 3.11. The van der Waals surface area contributed by atoms with E-state index in [0.29, 0.717) is 11.0 Å². The van der Waals surface area contributed by atoms with E-state index in [2.05, 4.69) is 21.2 Å². The van der Waals surface area contributed by atoms with Crippen LogP contribution in [0.2, 0.25) is 0 Å². The third kappa shape index (κ3) is 3.38. The number of amides is 1. The molecule has 114 valence electrons. The van der Waals surface area contributed by atoms with E-state index >= 15 is 0 Å². The van der Waals surface area contributed by atoms with Gasteiger partial charge in [0.1, 0.15) is 11.3 Å². The minimum Gasteiger partial charge on any atom is -0.459 e. The highest BCUT2D eigenvalue weighted by Gasteiger charge is 2.40. The van der Waals surface area contributed by atoms with Gasteiger partial charge in [-0.3, -0.25) is 10.1 Å². The Bertz CT molecular complexity index is 684. The Morgan fingerprint density at radius 3 is 2.62 bits per heavy atom. The van der Waals surface area contributed by atoms with E-state index in [0.717, 1.165) is 4.47 Å². The van der Waals surface area contributed by atoms with Crippen molar-refractivity contribution < 1.29 is 22.4 Å². The molecule has 0 saturated heterocycles. The highest BCUT2D eigenvalue weighted by Crippen LogP contribution is 2.30. The van der Waals surface area contributed by atoms with Crippen molar-refractivity contribution in [2.24, 2.45) is 5.73 Å². The molecular weight excluding hydrogens is 353 g/mol. The van der Waals surface area contributed by atoms with Crippen molar-refractivity contribution in [1.82, 2.24) is 5.32 Å². The number of rotatable bonds is 4. The standard InChI is InChI=1S/C13H12BrF3N2O2/c1-12(11(18)20,19-6-13(15,16)17)10-5-7-4-8(14)2-3-9(7)21-10/h2-5,19H,6H2,1H3,(H2,18,20). The second-order valence-electron chi connectivity index (χ2n) is 4.75. The van der Waals surface area contributed by atoms with E-state index in [1.165, 1.54) is 13.0 Å². The fourth-order valence-electron chi connectivity index (χ4n) is 1.83. The number of carbonyl (C=O) groups excluding carboxylic acids is 1. The molecule has 1 atom stereocenters. The van der Waals surface area contributed by atoms with Crippen LogP contribution >= 0.6 is 15.9 Å². The van der Waals surface area contributed by atoms with Crippen LogP contribution in [0.15, 0.2) is 33.2 Å². The number of fused-ring (bicyclic) bond motifs is 1. The summed E-state index contributed by atoms with van der Waals surface area (Å²) in [4.78, 5) is 11.6. The van der Waals surface area contributed by atoms with Crippen LogP contribution in [0.1, 0.15) is 12.7 Å². The number of alkyl halides is 3. The predicted octanol–water partition coefficient (Wildman–Crippen LogP) is 3.05. The maximum atomic E-state index is 12.4. The molecule has 2 rings (SSSR count). The van der Waals surface area contributed by atoms with Gasteiger partial charge in [-0.05, 0) is 31.2 Å². The summed E-state index contributed by atoms with van der Waals surface area (Å²) in [6.07, 6.45) is -4.47. The summed E-state index contributed by atoms with van der Waals surface area (Å²) in [5, 5.41) is 2.78. The summed E-state index contributed by atoms with van der Waals surface area (Å²) in [5.41, 5.74) is 3.95. The smallest absolute Gasteiger partial charge is 0.401 e. The van der Waals surface area contributed by atoms with Gasteiger partial charge in [0, 0.05) is 9.86 Å². The molecule has 3 N–H and O–H groups in total. The van der Waals surface area contributed by atoms with Gasteiger partial charge < -0.3 is 10.2 Å². The van der Waals surface area contributed by atoms with E-state index in [-0.39, 0.29) is 5.76 Å². The van der Waals surface area contributed by atoms with Crippen LogP contribution in [-0.2, 0) is 10.3 Å². The van der Waals surface area contributed by atoms with Crippen molar-refractivity contribution in [2.45, 2.75) is 18.6 Å². The van der Waals surface area contributed by atoms with Crippen LogP contribution in [-0.4, -0.2) is 18.6 Å². The van der Waals surface area contributed by atoms with Crippen LogP contribution < -0.4 is 11.1 Å². The van der Waals surface area contributed by atoms with Gasteiger partial charge in [0.15, 0.2) is 5.54 Å². The van der Waals surface area contributed by atoms with Gasteiger partial charge in [-0.2, -0.15) is 13.2 Å². The molecule has 4 nitrogen and oxygen atoms in total. The van der Waals surface area contributed by atoms with Crippen molar-refractivity contribution in [3.05, 3.63) is 34.5 Å². The van der Waals surface area contributed by atoms with Crippen LogP contribution in [0.4, 0.5) is 13.2 Å². The van der Waals surface area contributed by atoms with Gasteiger partial charge >= 0.3 is 6.18 Å². The average Bonchev–Trinajstić information content (AvgIpc) is 2.78. The molecule has 0 bridgehead atoms. The minimum absolute atomic E-state index is 0.0346. The van der Waals surface area contributed by atoms with Gasteiger partial charge in [-0.1, -0.05) is 15.9 Å². The van der Waals surface area contributed by atoms with Crippen molar-refractivity contribution in [2.75, 3.05) is 6.54 Å². The minimum atomic E-state index is -4.47. The second kappa shape index (κ2) is 5.34. The first-order valence-corrected chi connectivity index (χ1v) is 6.72. The zero-order chi connectivity index (χ0) is 15.8. The molecule has 0 aliphatic carbocycles. The summed E-state index contributed by atoms with van der Waals surface area (Å²) in [7, 11) is 0. The molecule has 8 heteroatoms. The molecule has 1 aromatic heterocycles. The molecule has 1 aromatic carbocycles. The molecule has 2 aromatic rings. The SMILES string of the molecule is CC(NCC(F)(F)F)(C(N)=O)c1cc2cc(Br)ccc2o1. The number of hydrogen-bond donors (Lipinski definition) is 2. The van der Waals surface area contributed by atoms with E-state index in [4.69, 9.17) is 10.2 Å². The first-order chi connectivity index (χ1) is 9.62. The zero-order valence-corrected chi connectivity index (χ0v) is 12.5. The number of primary amides is 1. The lowest BCUT2D eigenvalue weighted by molar-refractivity contribution is -0.136. The number of hydrogen-bond acceptors (Lipinski definition) is 3. The first kappa shape index (κ1) is 15.8. The number of carbonyl (C=O) groups is 1. The Morgan fingerprint density at radius 1 is 1.38 bits per heavy atom. The summed E-state index contributed by atoms with van der Waals surface area (Å²) in [6.45, 7) is -0.0962. The molecule has 1 amide bonds. The summed E-state index contributed by atoms with van der Waals surface area (Å²) in [5.74, 6) is -0.919. The molecule has 0 aliphatic rings. The first-order valence-electron chi connectivity index (χ1n) is 5.93. The lowest BCUT2D eigenvalue weighted by atomic mass is 9.97. The fraction of sp³-hybridized carbons (Fsp3) is 0.308. The summed E-state index contributed by atoms with van der Waals surface area (Å²) < 4.78 is 43.4. The molecule has 1 heterocycles. The fourth-order valence-corrected chi connectivity index (χ4v) is 2.21. The topological polar surface area (TPSA) is 68.3 Å². The highest BCUT2D eigenvalue weighted by atomic mass is 79.9. The van der Waals surface area contributed by atoms with Crippen LogP contribution in [0.25, 0.3) is 11.0 Å². The average molecular weight is 365 g/mol. The zero-order valence-electron chi connectivity index (χ0n) is 10.9. The van der Waals surface area contributed by atoms with Crippen molar-refractivity contribution >= 4 is 32.8 Å². The Labute approximate surface area is 126 Å². The Balaban J connectivity index is 2.42. The number of furan rings is 1. The normalized spacial score (nSPS) is 15.1. The Hall–Kier alpha value is -1.54. The molecule has 0 fully saturated rings.